The fraction of sp³-hybridized carbons (Fsp3) is 0.462. The molecule has 4 nitrogen and oxygen atoms in total. The van der Waals surface area contributed by atoms with Crippen LogP contribution in [0.3, 0.4) is 0 Å². The number of benzene rings is 1. The van der Waals surface area contributed by atoms with Gasteiger partial charge in [-0.2, -0.15) is 0 Å². The number of nitrogens with zero attached hydrogens (tertiary/aromatic N) is 2. The molecule has 1 fully saturated rings. The van der Waals surface area contributed by atoms with E-state index in [4.69, 9.17) is 10.3 Å². The Balaban J connectivity index is 1.98. The van der Waals surface area contributed by atoms with E-state index in [1.165, 1.54) is 12.8 Å². The highest BCUT2D eigenvalue weighted by atomic mass is 16.5. The van der Waals surface area contributed by atoms with Gasteiger partial charge < -0.3 is 15.2 Å². The Morgan fingerprint density at radius 2 is 2.12 bits per heavy atom. The maximum atomic E-state index is 5.87. The molecular formula is C13H17N3O. The van der Waals surface area contributed by atoms with Crippen LogP contribution in [0.4, 0.5) is 11.5 Å². The molecule has 0 saturated carbocycles. The molecule has 1 aliphatic rings. The summed E-state index contributed by atoms with van der Waals surface area (Å²) < 4.78 is 5.34. The number of fused-ring (bicyclic) bond motifs is 1. The zero-order valence-corrected chi connectivity index (χ0v) is 10.0. The van der Waals surface area contributed by atoms with Crippen LogP contribution in [0.25, 0.3) is 11.0 Å². The summed E-state index contributed by atoms with van der Waals surface area (Å²) in [4.78, 5) is 2.30. The molecule has 0 amide bonds. The van der Waals surface area contributed by atoms with Crippen LogP contribution >= 0.6 is 0 Å². The minimum atomic E-state index is 0.659. The molecule has 90 valence electrons. The lowest BCUT2D eigenvalue weighted by molar-refractivity contribution is 0.419. The summed E-state index contributed by atoms with van der Waals surface area (Å²) in [5, 5.41) is 5.20. The van der Waals surface area contributed by atoms with Gasteiger partial charge in [0.1, 0.15) is 0 Å². The van der Waals surface area contributed by atoms with Gasteiger partial charge in [-0.15, -0.1) is 0 Å². The Hall–Kier alpha value is -1.71. The number of nitrogen functional groups attached to an aromatic ring is 1. The van der Waals surface area contributed by atoms with E-state index < -0.39 is 0 Å². The van der Waals surface area contributed by atoms with Gasteiger partial charge in [-0.1, -0.05) is 18.1 Å². The summed E-state index contributed by atoms with van der Waals surface area (Å²) in [6.45, 7) is 4.41. The van der Waals surface area contributed by atoms with Crippen LogP contribution in [0, 0.1) is 5.92 Å². The van der Waals surface area contributed by atoms with Crippen molar-refractivity contribution in [1.29, 1.82) is 0 Å². The number of hydrogen-bond donors (Lipinski definition) is 1. The highest BCUT2D eigenvalue weighted by molar-refractivity contribution is 5.95. The Bertz CT molecular complexity index is 526. The van der Waals surface area contributed by atoms with Crippen LogP contribution in [0.15, 0.2) is 22.7 Å². The van der Waals surface area contributed by atoms with Crippen molar-refractivity contribution in [2.45, 2.75) is 19.8 Å². The average Bonchev–Trinajstić information content (AvgIpc) is 2.75. The van der Waals surface area contributed by atoms with Crippen molar-refractivity contribution in [1.82, 2.24) is 5.16 Å². The number of anilines is 2. The van der Waals surface area contributed by atoms with Crippen molar-refractivity contribution >= 4 is 22.5 Å². The number of piperidine rings is 1. The van der Waals surface area contributed by atoms with Crippen LogP contribution < -0.4 is 10.6 Å². The third-order valence-electron chi connectivity index (χ3n) is 3.59. The zero-order valence-electron chi connectivity index (χ0n) is 10.0. The van der Waals surface area contributed by atoms with Crippen LogP contribution in [0.2, 0.25) is 0 Å². The Morgan fingerprint density at radius 1 is 1.35 bits per heavy atom. The molecule has 1 saturated heterocycles. The van der Waals surface area contributed by atoms with Crippen LogP contribution in [-0.4, -0.2) is 18.2 Å². The Morgan fingerprint density at radius 3 is 2.88 bits per heavy atom. The molecule has 0 atom stereocenters. The number of hydrogen-bond acceptors (Lipinski definition) is 4. The molecule has 0 unspecified atom stereocenters. The number of aromatic nitrogens is 1. The molecule has 4 heteroatoms. The average molecular weight is 231 g/mol. The second-order valence-electron chi connectivity index (χ2n) is 4.90. The fourth-order valence-electron chi connectivity index (χ4n) is 2.42. The first-order valence-corrected chi connectivity index (χ1v) is 6.14. The molecule has 1 aromatic heterocycles. The van der Waals surface area contributed by atoms with Gasteiger partial charge in [-0.25, -0.2) is 0 Å². The summed E-state index contributed by atoms with van der Waals surface area (Å²) in [6.07, 6.45) is 2.44. The normalized spacial score (nSPS) is 17.8. The van der Waals surface area contributed by atoms with Gasteiger partial charge in [0.15, 0.2) is 11.4 Å². The maximum absolute atomic E-state index is 5.87. The standard InChI is InChI=1S/C13H17N3O/c1-9-5-7-16(8-6-9)13-10-3-2-4-11(14)12(10)17-15-13/h2-4,9H,5-8,14H2,1H3. The first kappa shape index (κ1) is 10.4. The van der Waals surface area contributed by atoms with E-state index in [2.05, 4.69) is 17.0 Å². The SMILES string of the molecule is CC1CCN(c2noc3c(N)cccc23)CC1. The van der Waals surface area contributed by atoms with Gasteiger partial charge in [-0.05, 0) is 30.9 Å². The van der Waals surface area contributed by atoms with Crippen molar-refractivity contribution < 1.29 is 4.52 Å². The van der Waals surface area contributed by atoms with E-state index in [9.17, 15) is 0 Å². The highest BCUT2D eigenvalue weighted by Crippen LogP contribution is 2.31. The zero-order chi connectivity index (χ0) is 11.8. The molecule has 1 aliphatic heterocycles. The topological polar surface area (TPSA) is 55.3 Å². The lowest BCUT2D eigenvalue weighted by Gasteiger charge is -2.30. The van der Waals surface area contributed by atoms with Gasteiger partial charge in [0.05, 0.1) is 11.1 Å². The third-order valence-corrected chi connectivity index (χ3v) is 3.59. The molecule has 0 bridgehead atoms. The van der Waals surface area contributed by atoms with Gasteiger partial charge in [0.2, 0.25) is 0 Å². The maximum Gasteiger partial charge on any atom is 0.191 e. The lowest BCUT2D eigenvalue weighted by atomic mass is 9.99. The molecular weight excluding hydrogens is 214 g/mol. The quantitative estimate of drug-likeness (QED) is 0.766. The van der Waals surface area contributed by atoms with Crippen molar-refractivity contribution in [3.05, 3.63) is 18.2 Å². The summed E-state index contributed by atoms with van der Waals surface area (Å²) in [5.41, 5.74) is 7.24. The fourth-order valence-corrected chi connectivity index (χ4v) is 2.42. The van der Waals surface area contributed by atoms with Crippen molar-refractivity contribution in [2.75, 3.05) is 23.7 Å². The predicted octanol–water partition coefficient (Wildman–Crippen LogP) is 2.65. The summed E-state index contributed by atoms with van der Waals surface area (Å²) in [7, 11) is 0. The molecule has 2 aromatic rings. The van der Waals surface area contributed by atoms with E-state index >= 15 is 0 Å². The third kappa shape index (κ3) is 1.73. The van der Waals surface area contributed by atoms with Crippen molar-refractivity contribution in [3.8, 4) is 0 Å². The van der Waals surface area contributed by atoms with E-state index in [0.717, 1.165) is 30.2 Å². The Kier molecular flexibility index (Phi) is 2.42. The van der Waals surface area contributed by atoms with Crippen LogP contribution in [0.1, 0.15) is 19.8 Å². The summed E-state index contributed by atoms with van der Waals surface area (Å²) in [6, 6.07) is 5.82. The van der Waals surface area contributed by atoms with Gasteiger partial charge in [0, 0.05) is 13.1 Å². The molecule has 17 heavy (non-hydrogen) atoms. The molecule has 2 N–H and O–H groups in total. The van der Waals surface area contributed by atoms with E-state index in [0.29, 0.717) is 11.3 Å². The first-order chi connectivity index (χ1) is 8.25. The second kappa shape index (κ2) is 3.95. The van der Waals surface area contributed by atoms with E-state index in [1.54, 1.807) is 0 Å². The molecule has 0 spiro atoms. The highest BCUT2D eigenvalue weighted by Gasteiger charge is 2.21. The molecule has 3 rings (SSSR count). The molecule has 0 aliphatic carbocycles. The van der Waals surface area contributed by atoms with E-state index in [-0.39, 0.29) is 0 Å². The largest absolute Gasteiger partial charge is 0.396 e. The van der Waals surface area contributed by atoms with E-state index in [1.807, 2.05) is 18.2 Å². The number of nitrogens with two attached hydrogens (primary N) is 1. The van der Waals surface area contributed by atoms with Gasteiger partial charge in [0.25, 0.3) is 0 Å². The number of rotatable bonds is 1. The lowest BCUT2D eigenvalue weighted by Crippen LogP contribution is -2.33. The summed E-state index contributed by atoms with van der Waals surface area (Å²) in [5.74, 6) is 1.76. The monoisotopic (exact) mass is 231 g/mol. The molecule has 0 radical (unpaired) electrons. The first-order valence-electron chi connectivity index (χ1n) is 6.14. The Labute approximate surface area is 100 Å². The van der Waals surface area contributed by atoms with Gasteiger partial charge in [-0.3, -0.25) is 0 Å². The molecule has 2 heterocycles. The van der Waals surface area contributed by atoms with Crippen LogP contribution in [0.5, 0.6) is 0 Å². The van der Waals surface area contributed by atoms with Crippen molar-refractivity contribution in [2.24, 2.45) is 5.92 Å². The summed E-state index contributed by atoms with van der Waals surface area (Å²) >= 11 is 0. The predicted molar refractivity (Wildman–Crippen MR) is 69.0 cm³/mol. The second-order valence-corrected chi connectivity index (χ2v) is 4.90. The van der Waals surface area contributed by atoms with Crippen LogP contribution in [-0.2, 0) is 0 Å². The minimum absolute atomic E-state index is 0.659. The smallest absolute Gasteiger partial charge is 0.191 e. The molecule has 1 aromatic carbocycles. The minimum Gasteiger partial charge on any atom is -0.396 e. The number of para-hydroxylation sites is 1. The van der Waals surface area contributed by atoms with Gasteiger partial charge >= 0.3 is 0 Å². The van der Waals surface area contributed by atoms with Crippen molar-refractivity contribution in [3.63, 3.8) is 0 Å².